The van der Waals surface area contributed by atoms with Gasteiger partial charge in [0, 0.05) is 23.9 Å². The summed E-state index contributed by atoms with van der Waals surface area (Å²) in [7, 11) is 3.10. The van der Waals surface area contributed by atoms with Crippen LogP contribution in [-0.4, -0.2) is 24.2 Å². The molecule has 0 fully saturated rings. The van der Waals surface area contributed by atoms with Gasteiger partial charge in [-0.25, -0.2) is 10.8 Å². The van der Waals surface area contributed by atoms with Crippen LogP contribution in [0.25, 0.3) is 0 Å². The highest BCUT2D eigenvalue weighted by molar-refractivity contribution is 6.32. The van der Waals surface area contributed by atoms with Gasteiger partial charge < -0.3 is 14.8 Å². The second kappa shape index (κ2) is 6.47. The van der Waals surface area contributed by atoms with Gasteiger partial charge in [-0.2, -0.15) is 4.98 Å². The average Bonchev–Trinajstić information content (AvgIpc) is 2.47. The molecule has 0 bridgehead atoms. The number of aryl methyl sites for hydroxylation is 1. The van der Waals surface area contributed by atoms with Gasteiger partial charge in [0.05, 0.1) is 24.9 Å². The molecular weight excluding hydrogens is 294 g/mol. The molecule has 1 aromatic heterocycles. The van der Waals surface area contributed by atoms with Crippen LogP contribution in [0, 0.1) is 6.92 Å². The largest absolute Gasteiger partial charge is 0.495 e. The third kappa shape index (κ3) is 3.45. The number of nitrogen functional groups attached to an aromatic ring is 1. The Kier molecular flexibility index (Phi) is 4.66. The second-order valence-corrected chi connectivity index (χ2v) is 4.58. The normalized spacial score (nSPS) is 10.1. The molecule has 0 aliphatic rings. The molecule has 0 amide bonds. The highest BCUT2D eigenvalue weighted by atomic mass is 35.5. The molecular formula is C13H16ClN5O2. The minimum Gasteiger partial charge on any atom is -0.495 e. The number of benzene rings is 1. The van der Waals surface area contributed by atoms with Gasteiger partial charge in [-0.15, -0.1) is 0 Å². The van der Waals surface area contributed by atoms with E-state index in [1.165, 1.54) is 0 Å². The van der Waals surface area contributed by atoms with E-state index in [0.29, 0.717) is 34.0 Å². The summed E-state index contributed by atoms with van der Waals surface area (Å²) in [6, 6.07) is 5.17. The van der Waals surface area contributed by atoms with Crippen LogP contribution < -0.4 is 26.1 Å². The molecule has 1 aromatic carbocycles. The lowest BCUT2D eigenvalue weighted by Crippen LogP contribution is -2.12. The summed E-state index contributed by atoms with van der Waals surface area (Å²) >= 11 is 6.07. The van der Waals surface area contributed by atoms with Crippen LogP contribution in [0.15, 0.2) is 18.2 Å². The predicted octanol–water partition coefficient (Wildman–Crippen LogP) is 2.48. The van der Waals surface area contributed by atoms with Gasteiger partial charge in [0.15, 0.2) is 0 Å². The number of hydrogen-bond acceptors (Lipinski definition) is 7. The Morgan fingerprint density at radius 1 is 1.10 bits per heavy atom. The first kappa shape index (κ1) is 15.1. The summed E-state index contributed by atoms with van der Waals surface area (Å²) < 4.78 is 10.5. The lowest BCUT2D eigenvalue weighted by atomic mass is 10.2. The maximum absolute atomic E-state index is 6.07. The third-order valence-electron chi connectivity index (χ3n) is 2.72. The van der Waals surface area contributed by atoms with Gasteiger partial charge in [-0.05, 0) is 6.92 Å². The number of hydrogen-bond donors (Lipinski definition) is 3. The summed E-state index contributed by atoms with van der Waals surface area (Å²) in [6.45, 7) is 1.84. The first-order valence-electron chi connectivity index (χ1n) is 6.08. The van der Waals surface area contributed by atoms with Gasteiger partial charge in [0.2, 0.25) is 5.95 Å². The fourth-order valence-corrected chi connectivity index (χ4v) is 2.02. The topological polar surface area (TPSA) is 94.3 Å². The van der Waals surface area contributed by atoms with Crippen molar-refractivity contribution < 1.29 is 9.47 Å². The predicted molar refractivity (Wildman–Crippen MR) is 82.4 cm³/mol. The number of rotatable bonds is 5. The number of methoxy groups -OCH3 is 2. The van der Waals surface area contributed by atoms with E-state index in [-0.39, 0.29) is 0 Å². The first-order valence-corrected chi connectivity index (χ1v) is 6.46. The molecule has 0 spiro atoms. The van der Waals surface area contributed by atoms with Crippen LogP contribution in [0.2, 0.25) is 5.02 Å². The van der Waals surface area contributed by atoms with Crippen LogP contribution in [-0.2, 0) is 0 Å². The van der Waals surface area contributed by atoms with E-state index in [0.717, 1.165) is 5.69 Å². The van der Waals surface area contributed by atoms with Gasteiger partial charge >= 0.3 is 0 Å². The van der Waals surface area contributed by atoms with E-state index in [1.54, 1.807) is 32.4 Å². The maximum Gasteiger partial charge on any atom is 0.239 e. The number of ether oxygens (including phenoxy) is 2. The van der Waals surface area contributed by atoms with E-state index < -0.39 is 0 Å². The molecule has 0 saturated heterocycles. The van der Waals surface area contributed by atoms with E-state index in [9.17, 15) is 0 Å². The summed E-state index contributed by atoms with van der Waals surface area (Å²) in [6.07, 6.45) is 0. The van der Waals surface area contributed by atoms with Crippen molar-refractivity contribution in [3.63, 3.8) is 0 Å². The van der Waals surface area contributed by atoms with Crippen LogP contribution >= 0.6 is 11.6 Å². The molecule has 1 heterocycles. The lowest BCUT2D eigenvalue weighted by molar-refractivity contribution is 0.405. The van der Waals surface area contributed by atoms with Crippen molar-refractivity contribution in [3.8, 4) is 11.5 Å². The molecule has 0 unspecified atom stereocenters. The number of halogens is 1. The first-order chi connectivity index (χ1) is 10.1. The zero-order chi connectivity index (χ0) is 15.4. The van der Waals surface area contributed by atoms with E-state index >= 15 is 0 Å². The summed E-state index contributed by atoms with van der Waals surface area (Å²) in [5, 5.41) is 3.59. The lowest BCUT2D eigenvalue weighted by Gasteiger charge is -2.14. The van der Waals surface area contributed by atoms with Crippen molar-refractivity contribution >= 4 is 29.1 Å². The van der Waals surface area contributed by atoms with Crippen molar-refractivity contribution in [3.05, 3.63) is 28.9 Å². The SMILES string of the molecule is COc1cc(Nc2cc(C)nc(NN)n2)c(OC)cc1Cl. The Morgan fingerprint density at radius 2 is 1.81 bits per heavy atom. The molecule has 4 N–H and O–H groups in total. The second-order valence-electron chi connectivity index (χ2n) is 4.17. The highest BCUT2D eigenvalue weighted by Gasteiger charge is 2.11. The van der Waals surface area contributed by atoms with E-state index in [1.807, 2.05) is 6.92 Å². The number of nitrogens with one attached hydrogen (secondary N) is 2. The third-order valence-corrected chi connectivity index (χ3v) is 3.02. The van der Waals surface area contributed by atoms with Crippen molar-refractivity contribution in [1.29, 1.82) is 0 Å². The molecule has 8 heteroatoms. The molecule has 0 atom stereocenters. The number of nitrogens with zero attached hydrogens (tertiary/aromatic N) is 2. The molecule has 0 aliphatic carbocycles. The fraction of sp³-hybridized carbons (Fsp3) is 0.231. The zero-order valence-electron chi connectivity index (χ0n) is 11.9. The van der Waals surface area contributed by atoms with E-state index in [2.05, 4.69) is 20.7 Å². The van der Waals surface area contributed by atoms with Crippen LogP contribution in [0.3, 0.4) is 0 Å². The Labute approximate surface area is 127 Å². The molecule has 7 nitrogen and oxygen atoms in total. The summed E-state index contributed by atoms with van der Waals surface area (Å²) in [5.41, 5.74) is 3.85. The fourth-order valence-electron chi connectivity index (χ4n) is 1.79. The molecule has 0 aliphatic heterocycles. The Balaban J connectivity index is 2.40. The number of hydrazine groups is 1. The van der Waals surface area contributed by atoms with Crippen LogP contribution in [0.4, 0.5) is 17.5 Å². The van der Waals surface area contributed by atoms with Gasteiger partial charge in [-0.1, -0.05) is 11.6 Å². The standard InChI is InChI=1S/C13H16ClN5O2/c1-7-4-12(18-13(16-7)19-15)17-9-6-10(20-2)8(14)5-11(9)21-3/h4-6H,15H2,1-3H3,(H2,16,17,18,19). The molecule has 2 aromatic rings. The number of anilines is 3. The smallest absolute Gasteiger partial charge is 0.239 e. The van der Waals surface area contributed by atoms with Gasteiger partial charge in [0.25, 0.3) is 0 Å². The minimum atomic E-state index is 0.317. The van der Waals surface area contributed by atoms with Crippen molar-refractivity contribution in [2.45, 2.75) is 6.92 Å². The van der Waals surface area contributed by atoms with E-state index in [4.69, 9.17) is 26.9 Å². The average molecular weight is 310 g/mol. The molecule has 112 valence electrons. The number of aromatic nitrogens is 2. The molecule has 0 saturated carbocycles. The Morgan fingerprint density at radius 3 is 2.43 bits per heavy atom. The van der Waals surface area contributed by atoms with Crippen molar-refractivity contribution in [2.24, 2.45) is 5.84 Å². The molecule has 21 heavy (non-hydrogen) atoms. The van der Waals surface area contributed by atoms with Crippen molar-refractivity contribution in [2.75, 3.05) is 25.0 Å². The van der Waals surface area contributed by atoms with Gasteiger partial charge in [-0.3, -0.25) is 5.43 Å². The molecule has 0 radical (unpaired) electrons. The van der Waals surface area contributed by atoms with Crippen LogP contribution in [0.5, 0.6) is 11.5 Å². The number of nitrogens with two attached hydrogens (primary N) is 1. The van der Waals surface area contributed by atoms with Crippen LogP contribution in [0.1, 0.15) is 5.69 Å². The monoisotopic (exact) mass is 309 g/mol. The molecule has 2 rings (SSSR count). The van der Waals surface area contributed by atoms with Gasteiger partial charge in [0.1, 0.15) is 17.3 Å². The Hall–Kier alpha value is -2.25. The maximum atomic E-state index is 6.07. The summed E-state index contributed by atoms with van der Waals surface area (Å²) in [5.74, 6) is 7.32. The minimum absolute atomic E-state index is 0.317. The quantitative estimate of drug-likeness (QED) is 0.577. The zero-order valence-corrected chi connectivity index (χ0v) is 12.7. The van der Waals surface area contributed by atoms with Crippen molar-refractivity contribution in [1.82, 2.24) is 9.97 Å². The Bertz CT molecular complexity index is 651. The highest BCUT2D eigenvalue weighted by Crippen LogP contribution is 2.37. The summed E-state index contributed by atoms with van der Waals surface area (Å²) in [4.78, 5) is 8.33.